The number of methoxy groups -OCH3 is 1. The van der Waals surface area contributed by atoms with Gasteiger partial charge < -0.3 is 23.1 Å². The van der Waals surface area contributed by atoms with Crippen LogP contribution in [-0.4, -0.2) is 67.6 Å². The predicted octanol–water partition coefficient (Wildman–Crippen LogP) is 9.33. The topological polar surface area (TPSA) is 74.2 Å². The summed E-state index contributed by atoms with van der Waals surface area (Å²) in [6.07, 6.45) is 0.512. The zero-order valence-corrected chi connectivity index (χ0v) is 32.5. The molecular weight excluding hydrogens is 553 g/mol. The van der Waals surface area contributed by atoms with E-state index in [1.54, 1.807) is 14.0 Å². The highest BCUT2D eigenvalue weighted by Crippen LogP contribution is 2.42. The Balaban J connectivity index is 6.51. The second kappa shape index (κ2) is 15.1. The van der Waals surface area contributed by atoms with E-state index in [1.807, 2.05) is 0 Å². The van der Waals surface area contributed by atoms with Crippen molar-refractivity contribution in [3.8, 4) is 0 Å². The lowest BCUT2D eigenvalue weighted by Crippen LogP contribution is -2.55. The molecule has 240 valence electrons. The Labute approximate surface area is 252 Å². The summed E-state index contributed by atoms with van der Waals surface area (Å²) in [5, 5.41) is 10.2. The molecule has 0 fully saturated rings. The second-order valence-corrected chi connectivity index (χ2v) is 29.8. The van der Waals surface area contributed by atoms with Crippen molar-refractivity contribution in [2.75, 3.05) is 13.7 Å². The molecular formula is C31H68O6Si3. The monoisotopic (exact) mass is 620 g/mol. The largest absolute Gasteiger partial charge is 0.481 e. The minimum atomic E-state index is -2.24. The van der Waals surface area contributed by atoms with Gasteiger partial charge in [0, 0.05) is 20.1 Å². The van der Waals surface area contributed by atoms with E-state index < -0.39 is 48.5 Å². The molecule has 5 atom stereocenters. The van der Waals surface area contributed by atoms with Crippen molar-refractivity contribution in [3.05, 3.63) is 0 Å². The third-order valence-electron chi connectivity index (χ3n) is 10.4. The van der Waals surface area contributed by atoms with Crippen LogP contribution in [0.5, 0.6) is 0 Å². The highest BCUT2D eigenvalue weighted by Gasteiger charge is 2.47. The van der Waals surface area contributed by atoms with Crippen molar-refractivity contribution in [1.82, 2.24) is 0 Å². The van der Waals surface area contributed by atoms with Gasteiger partial charge >= 0.3 is 5.97 Å². The second-order valence-electron chi connectivity index (χ2n) is 15.5. The van der Waals surface area contributed by atoms with Crippen molar-refractivity contribution in [3.63, 3.8) is 0 Å². The molecule has 0 aromatic rings. The predicted molar refractivity (Wildman–Crippen MR) is 178 cm³/mol. The first-order valence-corrected chi connectivity index (χ1v) is 24.0. The van der Waals surface area contributed by atoms with E-state index in [9.17, 15) is 9.90 Å². The molecule has 0 bridgehead atoms. The molecule has 0 rings (SSSR count). The molecule has 0 spiro atoms. The van der Waals surface area contributed by atoms with E-state index in [-0.39, 0.29) is 22.1 Å². The lowest BCUT2D eigenvalue weighted by Gasteiger charge is -2.47. The molecule has 0 heterocycles. The van der Waals surface area contributed by atoms with Crippen LogP contribution in [0.1, 0.15) is 95.9 Å². The zero-order valence-electron chi connectivity index (χ0n) is 29.5. The first kappa shape index (κ1) is 40.0. The quantitative estimate of drug-likeness (QED) is 0.154. The van der Waals surface area contributed by atoms with Crippen LogP contribution in [0.15, 0.2) is 0 Å². The van der Waals surface area contributed by atoms with Crippen molar-refractivity contribution in [2.24, 2.45) is 11.8 Å². The first-order chi connectivity index (χ1) is 17.9. The van der Waals surface area contributed by atoms with Gasteiger partial charge in [0.25, 0.3) is 0 Å². The van der Waals surface area contributed by atoms with E-state index >= 15 is 0 Å². The fourth-order valence-corrected chi connectivity index (χ4v) is 10.2. The Morgan fingerprint density at radius 1 is 0.800 bits per heavy atom. The van der Waals surface area contributed by atoms with Gasteiger partial charge in [-0.3, -0.25) is 4.79 Å². The zero-order chi connectivity index (χ0) is 32.0. The number of rotatable bonds is 18. The third-order valence-corrected chi connectivity index (χ3v) is 24.1. The molecule has 6 nitrogen and oxygen atoms in total. The SMILES string of the molecule is CC[Si](CC)(CC)O[C@H](C[C@H](O[Si](C)(C)C(C)(C)C)[C@@H](C)C(=O)O)[C@@](C)(C[C@@H](C)CO[Si](C)(C)C(C)(C)C)OC. The summed E-state index contributed by atoms with van der Waals surface area (Å²) in [5.41, 5.74) is -0.610. The van der Waals surface area contributed by atoms with Gasteiger partial charge in [0.15, 0.2) is 25.0 Å². The molecule has 0 saturated carbocycles. The maximum absolute atomic E-state index is 12.3. The number of hydrogen-bond donors (Lipinski definition) is 1. The molecule has 1 N–H and O–H groups in total. The number of aliphatic carboxylic acids is 1. The summed E-state index contributed by atoms with van der Waals surface area (Å²) in [7, 11) is -4.40. The van der Waals surface area contributed by atoms with Gasteiger partial charge in [-0.2, -0.15) is 0 Å². The number of ether oxygens (including phenoxy) is 1. The molecule has 0 unspecified atom stereocenters. The molecule has 0 saturated heterocycles. The fourth-order valence-electron chi connectivity index (χ4n) is 4.67. The fraction of sp³-hybridized carbons (Fsp3) is 0.968. The summed E-state index contributed by atoms with van der Waals surface area (Å²) in [6.45, 7) is 35.9. The molecule has 0 aliphatic rings. The van der Waals surface area contributed by atoms with Gasteiger partial charge in [-0.05, 0) is 80.6 Å². The van der Waals surface area contributed by atoms with Crippen LogP contribution in [0.25, 0.3) is 0 Å². The Morgan fingerprint density at radius 2 is 1.25 bits per heavy atom. The van der Waals surface area contributed by atoms with Crippen LogP contribution in [0.4, 0.5) is 0 Å². The summed E-state index contributed by atoms with van der Waals surface area (Å²) >= 11 is 0. The average Bonchev–Trinajstić information content (AvgIpc) is 2.82. The summed E-state index contributed by atoms with van der Waals surface area (Å²) in [4.78, 5) is 12.3. The molecule has 0 aromatic heterocycles. The maximum atomic E-state index is 12.3. The summed E-state index contributed by atoms with van der Waals surface area (Å²) in [5.74, 6) is -1.23. The maximum Gasteiger partial charge on any atom is 0.308 e. The third kappa shape index (κ3) is 10.9. The van der Waals surface area contributed by atoms with Crippen molar-refractivity contribution in [2.45, 2.75) is 168 Å². The highest BCUT2D eigenvalue weighted by molar-refractivity contribution is 6.74. The van der Waals surface area contributed by atoms with Crippen LogP contribution in [0, 0.1) is 11.8 Å². The molecule has 0 aromatic carbocycles. The standard InChI is InChI=1S/C31H68O6Si3/c1-18-40(19-2,20-3)37-27(21-26(25(5)28(32)33)36-39(16,17)30(9,10)11)31(12,34-13)22-24(4)23-35-38(14,15)29(6,7)8/h24-27H,18-23H2,1-17H3,(H,32,33)/t24-,25-,26+,27-,31-/m1/s1. The van der Waals surface area contributed by atoms with Gasteiger partial charge in [-0.25, -0.2) is 0 Å². The number of carboxylic acids is 1. The summed E-state index contributed by atoms with van der Waals surface area (Å²) in [6, 6.07) is 3.05. The van der Waals surface area contributed by atoms with E-state index in [0.717, 1.165) is 24.6 Å². The summed E-state index contributed by atoms with van der Waals surface area (Å²) < 4.78 is 27.0. The number of carboxylic acid groups (broad SMARTS) is 1. The highest BCUT2D eigenvalue weighted by atomic mass is 28.4. The van der Waals surface area contributed by atoms with E-state index in [4.69, 9.17) is 18.0 Å². The molecule has 0 aliphatic heterocycles. The minimum absolute atomic E-state index is 0.0330. The Bertz CT molecular complexity index is 762. The van der Waals surface area contributed by atoms with Crippen molar-refractivity contribution >= 4 is 30.9 Å². The minimum Gasteiger partial charge on any atom is -0.481 e. The van der Waals surface area contributed by atoms with E-state index in [1.165, 1.54) is 0 Å². The first-order valence-electron chi connectivity index (χ1n) is 15.6. The Kier molecular flexibility index (Phi) is 15.1. The van der Waals surface area contributed by atoms with Gasteiger partial charge in [-0.1, -0.05) is 69.2 Å². The van der Waals surface area contributed by atoms with Crippen LogP contribution < -0.4 is 0 Å². The molecule has 0 aliphatic carbocycles. The molecule has 0 amide bonds. The van der Waals surface area contributed by atoms with Crippen LogP contribution >= 0.6 is 0 Å². The smallest absolute Gasteiger partial charge is 0.308 e. The van der Waals surface area contributed by atoms with Crippen LogP contribution in [0.2, 0.25) is 54.4 Å². The van der Waals surface area contributed by atoms with Crippen molar-refractivity contribution in [1.29, 1.82) is 0 Å². The van der Waals surface area contributed by atoms with Crippen LogP contribution in [0.3, 0.4) is 0 Å². The number of hydrogen-bond acceptors (Lipinski definition) is 5. The Hall–Kier alpha value is -0.0394. The Morgan fingerprint density at radius 3 is 1.60 bits per heavy atom. The average molecular weight is 621 g/mol. The van der Waals surface area contributed by atoms with Gasteiger partial charge in [0.1, 0.15) is 0 Å². The molecule has 0 radical (unpaired) electrons. The lowest BCUT2D eigenvalue weighted by molar-refractivity contribution is -0.147. The van der Waals surface area contributed by atoms with Gasteiger partial charge in [0.2, 0.25) is 0 Å². The normalized spacial score (nSPS) is 18.6. The lowest BCUT2D eigenvalue weighted by atomic mass is 9.84. The van der Waals surface area contributed by atoms with Crippen molar-refractivity contribution < 1.29 is 27.9 Å². The number of carbonyl (C=O) groups is 1. The molecule has 9 heteroatoms. The molecule has 40 heavy (non-hydrogen) atoms. The van der Waals surface area contributed by atoms with E-state index in [0.29, 0.717) is 13.0 Å². The van der Waals surface area contributed by atoms with Gasteiger partial charge in [0.05, 0.1) is 23.7 Å². The van der Waals surface area contributed by atoms with Gasteiger partial charge in [-0.15, -0.1) is 0 Å². The van der Waals surface area contributed by atoms with Crippen LogP contribution in [-0.2, 0) is 22.8 Å². The van der Waals surface area contributed by atoms with E-state index in [2.05, 4.69) is 102 Å².